The number of aromatic nitrogens is 2. The molecule has 0 bridgehead atoms. The molecule has 2 rings (SSSR count). The van der Waals surface area contributed by atoms with E-state index in [2.05, 4.69) is 35.2 Å². The number of hydrogen-bond donors (Lipinski definition) is 2. The second-order valence-corrected chi connectivity index (χ2v) is 3.76. The average Bonchev–Trinajstić information content (AvgIpc) is 2.59. The lowest BCUT2D eigenvalue weighted by atomic mass is 10.3. The Morgan fingerprint density at radius 3 is 2.93 bits per heavy atom. The molecule has 0 aliphatic rings. The topological polar surface area (TPSA) is 40.7 Å². The van der Waals surface area contributed by atoms with Gasteiger partial charge in [0.15, 0.2) is 0 Å². The highest BCUT2D eigenvalue weighted by molar-refractivity contribution is 5.77. The summed E-state index contributed by atoms with van der Waals surface area (Å²) in [6.07, 6.45) is 2.13. The summed E-state index contributed by atoms with van der Waals surface area (Å²) in [5.41, 5.74) is 3.37. The molecule has 0 amide bonds. The molecule has 3 nitrogen and oxygen atoms in total. The molecule has 15 heavy (non-hydrogen) atoms. The molecular weight excluding hydrogens is 186 g/mol. The van der Waals surface area contributed by atoms with E-state index < -0.39 is 0 Å². The number of hydrogen-bond acceptors (Lipinski definition) is 2. The van der Waals surface area contributed by atoms with Gasteiger partial charge in [-0.15, -0.1) is 0 Å². The number of benzene rings is 1. The van der Waals surface area contributed by atoms with Crippen molar-refractivity contribution in [3.8, 4) is 0 Å². The van der Waals surface area contributed by atoms with E-state index in [1.807, 2.05) is 24.3 Å². The Hall–Kier alpha value is -1.77. The molecule has 2 aromatic rings. The van der Waals surface area contributed by atoms with Crippen LogP contribution in [0.2, 0.25) is 0 Å². The maximum absolute atomic E-state index is 4.41. The Morgan fingerprint density at radius 1 is 1.40 bits per heavy atom. The number of allylic oxidation sites excluding steroid dienone is 1. The molecule has 0 saturated carbocycles. The van der Waals surface area contributed by atoms with Crippen molar-refractivity contribution < 1.29 is 0 Å². The van der Waals surface area contributed by atoms with Crippen LogP contribution in [0.25, 0.3) is 11.0 Å². The van der Waals surface area contributed by atoms with Crippen molar-refractivity contribution in [1.29, 1.82) is 0 Å². The quantitative estimate of drug-likeness (QED) is 0.749. The van der Waals surface area contributed by atoms with E-state index in [1.54, 1.807) is 0 Å². The van der Waals surface area contributed by atoms with Crippen molar-refractivity contribution in [3.05, 3.63) is 35.9 Å². The molecule has 78 valence electrons. The molecule has 0 aliphatic carbocycles. The minimum absolute atomic E-state index is 0.808. The third-order valence-corrected chi connectivity index (χ3v) is 2.17. The van der Waals surface area contributed by atoms with Gasteiger partial charge in [-0.05, 0) is 26.0 Å². The average molecular weight is 201 g/mol. The maximum atomic E-state index is 4.41. The summed E-state index contributed by atoms with van der Waals surface area (Å²) in [6.45, 7) is 4.97. The van der Waals surface area contributed by atoms with Gasteiger partial charge in [0.1, 0.15) is 0 Å². The van der Waals surface area contributed by atoms with Crippen molar-refractivity contribution in [2.45, 2.75) is 13.8 Å². The fraction of sp³-hybridized carbons (Fsp3) is 0.250. The molecule has 1 aromatic heterocycles. The van der Waals surface area contributed by atoms with Crippen molar-refractivity contribution >= 4 is 17.0 Å². The van der Waals surface area contributed by atoms with E-state index in [0.29, 0.717) is 0 Å². The van der Waals surface area contributed by atoms with Crippen LogP contribution < -0.4 is 5.32 Å². The molecule has 0 atom stereocenters. The summed E-state index contributed by atoms with van der Waals surface area (Å²) in [4.78, 5) is 7.63. The van der Waals surface area contributed by atoms with E-state index in [0.717, 1.165) is 23.5 Å². The van der Waals surface area contributed by atoms with Crippen LogP contribution >= 0.6 is 0 Å². The smallest absolute Gasteiger partial charge is 0.201 e. The lowest BCUT2D eigenvalue weighted by Crippen LogP contribution is -1.99. The fourth-order valence-electron chi connectivity index (χ4n) is 1.39. The number of nitrogens with one attached hydrogen (secondary N) is 2. The zero-order chi connectivity index (χ0) is 10.7. The Morgan fingerprint density at radius 2 is 2.20 bits per heavy atom. The second-order valence-electron chi connectivity index (χ2n) is 3.76. The van der Waals surface area contributed by atoms with E-state index in [1.165, 1.54) is 5.57 Å². The first-order valence-corrected chi connectivity index (χ1v) is 5.08. The third kappa shape index (κ3) is 2.37. The number of anilines is 1. The molecule has 1 heterocycles. The van der Waals surface area contributed by atoms with Gasteiger partial charge in [0.2, 0.25) is 5.95 Å². The molecule has 0 spiro atoms. The van der Waals surface area contributed by atoms with Gasteiger partial charge in [0.25, 0.3) is 0 Å². The van der Waals surface area contributed by atoms with E-state index in [9.17, 15) is 0 Å². The highest BCUT2D eigenvalue weighted by Gasteiger charge is 1.98. The Balaban J connectivity index is 2.12. The summed E-state index contributed by atoms with van der Waals surface area (Å²) in [6, 6.07) is 8.01. The van der Waals surface area contributed by atoms with Crippen LogP contribution in [-0.2, 0) is 0 Å². The normalized spacial score (nSPS) is 10.3. The van der Waals surface area contributed by atoms with Crippen LogP contribution in [0.3, 0.4) is 0 Å². The lowest BCUT2D eigenvalue weighted by Gasteiger charge is -1.97. The van der Waals surface area contributed by atoms with Gasteiger partial charge in [-0.25, -0.2) is 4.98 Å². The van der Waals surface area contributed by atoms with Gasteiger partial charge in [0.05, 0.1) is 11.0 Å². The van der Waals surface area contributed by atoms with Crippen molar-refractivity contribution in [1.82, 2.24) is 9.97 Å². The van der Waals surface area contributed by atoms with E-state index in [-0.39, 0.29) is 0 Å². The first kappa shape index (κ1) is 9.77. The van der Waals surface area contributed by atoms with Crippen molar-refractivity contribution in [3.63, 3.8) is 0 Å². The first-order chi connectivity index (χ1) is 7.25. The molecular formula is C12H15N3. The van der Waals surface area contributed by atoms with Crippen molar-refractivity contribution in [2.24, 2.45) is 0 Å². The van der Waals surface area contributed by atoms with Crippen LogP contribution in [0.5, 0.6) is 0 Å². The molecule has 0 fully saturated rings. The highest BCUT2D eigenvalue weighted by atomic mass is 15.1. The van der Waals surface area contributed by atoms with Gasteiger partial charge < -0.3 is 10.3 Å². The zero-order valence-electron chi connectivity index (χ0n) is 9.04. The van der Waals surface area contributed by atoms with Gasteiger partial charge >= 0.3 is 0 Å². The molecule has 0 unspecified atom stereocenters. The lowest BCUT2D eigenvalue weighted by molar-refractivity contribution is 1.19. The Labute approximate surface area is 89.2 Å². The summed E-state index contributed by atoms with van der Waals surface area (Å²) >= 11 is 0. The number of nitrogens with zero attached hydrogens (tertiary/aromatic N) is 1. The fourth-order valence-corrected chi connectivity index (χ4v) is 1.39. The molecule has 0 radical (unpaired) electrons. The van der Waals surface area contributed by atoms with Crippen LogP contribution in [0.15, 0.2) is 35.9 Å². The second kappa shape index (κ2) is 4.17. The monoisotopic (exact) mass is 201 g/mol. The van der Waals surface area contributed by atoms with Crippen LogP contribution in [0.4, 0.5) is 5.95 Å². The molecule has 0 saturated heterocycles. The number of aromatic amines is 1. The van der Waals surface area contributed by atoms with E-state index in [4.69, 9.17) is 0 Å². The summed E-state index contributed by atoms with van der Waals surface area (Å²) in [7, 11) is 0. The van der Waals surface area contributed by atoms with Crippen LogP contribution in [0.1, 0.15) is 13.8 Å². The largest absolute Gasteiger partial charge is 0.352 e. The van der Waals surface area contributed by atoms with Crippen molar-refractivity contribution in [2.75, 3.05) is 11.9 Å². The first-order valence-electron chi connectivity index (χ1n) is 5.08. The predicted octanol–water partition coefficient (Wildman–Crippen LogP) is 2.94. The minimum atomic E-state index is 0.808. The Kier molecular flexibility index (Phi) is 2.72. The summed E-state index contributed by atoms with van der Waals surface area (Å²) < 4.78 is 0. The molecule has 0 aliphatic heterocycles. The number of rotatable bonds is 3. The summed E-state index contributed by atoms with van der Waals surface area (Å²) in [5, 5.41) is 3.22. The molecule has 1 aromatic carbocycles. The van der Waals surface area contributed by atoms with Gasteiger partial charge in [0, 0.05) is 6.54 Å². The number of H-pyrrole nitrogens is 1. The standard InChI is InChI=1S/C12H15N3/c1-9(2)7-8-13-12-14-10-5-3-4-6-11(10)15-12/h3-7H,8H2,1-2H3,(H2,13,14,15). The van der Waals surface area contributed by atoms with Gasteiger partial charge in [-0.3, -0.25) is 0 Å². The summed E-state index contributed by atoms with van der Waals surface area (Å²) in [5.74, 6) is 0.828. The van der Waals surface area contributed by atoms with Gasteiger partial charge in [-0.2, -0.15) is 0 Å². The highest BCUT2D eigenvalue weighted by Crippen LogP contribution is 2.12. The third-order valence-electron chi connectivity index (χ3n) is 2.17. The number of para-hydroxylation sites is 2. The molecule has 3 heteroatoms. The predicted molar refractivity (Wildman–Crippen MR) is 64.0 cm³/mol. The number of imidazole rings is 1. The zero-order valence-corrected chi connectivity index (χ0v) is 9.04. The van der Waals surface area contributed by atoms with Crippen LogP contribution in [-0.4, -0.2) is 16.5 Å². The number of fused-ring (bicyclic) bond motifs is 1. The van der Waals surface area contributed by atoms with Gasteiger partial charge in [-0.1, -0.05) is 23.8 Å². The maximum Gasteiger partial charge on any atom is 0.201 e. The van der Waals surface area contributed by atoms with E-state index >= 15 is 0 Å². The van der Waals surface area contributed by atoms with Crippen LogP contribution in [0, 0.1) is 0 Å². The Bertz CT molecular complexity index is 445. The SMILES string of the molecule is CC(C)=CCNc1nc2ccccc2[nH]1. The molecule has 2 N–H and O–H groups in total. The minimum Gasteiger partial charge on any atom is -0.352 e.